The zero-order chi connectivity index (χ0) is 15.0. The van der Waals surface area contributed by atoms with E-state index in [1.165, 1.54) is 7.11 Å². The Morgan fingerprint density at radius 2 is 2.00 bits per heavy atom. The average Bonchev–Trinajstić information content (AvgIpc) is 2.44. The van der Waals surface area contributed by atoms with Gasteiger partial charge in [-0.15, -0.1) is 0 Å². The van der Waals surface area contributed by atoms with Gasteiger partial charge in [0.1, 0.15) is 5.75 Å². The lowest BCUT2D eigenvalue weighted by molar-refractivity contribution is -0.120. The first-order chi connectivity index (χ1) is 9.58. The first-order valence-electron chi connectivity index (χ1n) is 6.57. The molecule has 1 aromatic rings. The number of rotatable bonds is 7. The van der Waals surface area contributed by atoms with Gasteiger partial charge < -0.3 is 21.1 Å². The summed E-state index contributed by atoms with van der Waals surface area (Å²) < 4.78 is 5.11. The third-order valence-corrected chi connectivity index (χ3v) is 2.68. The molecule has 0 aliphatic heterocycles. The van der Waals surface area contributed by atoms with Crippen LogP contribution >= 0.6 is 0 Å². The van der Waals surface area contributed by atoms with Crippen LogP contribution in [-0.4, -0.2) is 32.0 Å². The van der Waals surface area contributed by atoms with Crippen molar-refractivity contribution in [1.29, 1.82) is 0 Å². The van der Waals surface area contributed by atoms with E-state index in [1.54, 1.807) is 18.2 Å². The number of ether oxygens (including phenoxy) is 1. The molecule has 0 aliphatic carbocycles. The number of hydrogen-bond acceptors (Lipinski definition) is 4. The zero-order valence-electron chi connectivity index (χ0n) is 11.9. The number of amides is 2. The molecule has 0 atom stereocenters. The molecule has 0 unspecified atom stereocenters. The molecular formula is C14H21N3O3. The van der Waals surface area contributed by atoms with Crippen LogP contribution in [0.4, 0.5) is 5.69 Å². The van der Waals surface area contributed by atoms with E-state index in [1.807, 2.05) is 6.92 Å². The van der Waals surface area contributed by atoms with Crippen LogP contribution in [0.15, 0.2) is 18.2 Å². The maximum absolute atomic E-state index is 12.0. The predicted octanol–water partition coefficient (Wildman–Crippen LogP) is 0.924. The standard InChI is InChI=1S/C14H21N3O3/c1-3-7-16-13(18)6-8-17-14(19)11-9-10(15)4-5-12(11)20-2/h4-5,9H,3,6-8,15H2,1-2H3,(H,16,18)(H,17,19). The molecular weight excluding hydrogens is 258 g/mol. The van der Waals surface area contributed by atoms with Crippen molar-refractivity contribution in [3.8, 4) is 5.75 Å². The van der Waals surface area contributed by atoms with E-state index in [-0.39, 0.29) is 24.8 Å². The van der Waals surface area contributed by atoms with Crippen LogP contribution in [0.25, 0.3) is 0 Å². The number of anilines is 1. The Kier molecular flexibility index (Phi) is 6.36. The summed E-state index contributed by atoms with van der Waals surface area (Å²) in [6.45, 7) is 2.90. The molecule has 20 heavy (non-hydrogen) atoms. The molecule has 0 saturated carbocycles. The molecule has 0 aliphatic rings. The third kappa shape index (κ3) is 4.79. The molecule has 2 amide bonds. The van der Waals surface area contributed by atoms with Gasteiger partial charge in [0, 0.05) is 25.2 Å². The molecule has 1 aromatic carbocycles. The minimum atomic E-state index is -0.308. The summed E-state index contributed by atoms with van der Waals surface area (Å²) in [5, 5.41) is 5.42. The maximum Gasteiger partial charge on any atom is 0.255 e. The lowest BCUT2D eigenvalue weighted by Gasteiger charge is -2.10. The molecule has 0 fully saturated rings. The van der Waals surface area contributed by atoms with E-state index in [0.29, 0.717) is 23.5 Å². The Balaban J connectivity index is 2.51. The number of nitrogens with two attached hydrogens (primary N) is 1. The molecule has 6 nitrogen and oxygen atoms in total. The first-order valence-corrected chi connectivity index (χ1v) is 6.57. The van der Waals surface area contributed by atoms with E-state index in [0.717, 1.165) is 6.42 Å². The van der Waals surface area contributed by atoms with Crippen molar-refractivity contribution < 1.29 is 14.3 Å². The van der Waals surface area contributed by atoms with Crippen molar-refractivity contribution in [2.75, 3.05) is 25.9 Å². The normalized spacial score (nSPS) is 9.90. The van der Waals surface area contributed by atoms with Gasteiger partial charge in [0.25, 0.3) is 5.91 Å². The fraction of sp³-hybridized carbons (Fsp3) is 0.429. The molecule has 0 radical (unpaired) electrons. The van der Waals surface area contributed by atoms with E-state index in [2.05, 4.69) is 10.6 Å². The van der Waals surface area contributed by atoms with E-state index < -0.39 is 0 Å². The third-order valence-electron chi connectivity index (χ3n) is 2.68. The van der Waals surface area contributed by atoms with Gasteiger partial charge in [-0.3, -0.25) is 9.59 Å². The molecule has 0 saturated heterocycles. The van der Waals surface area contributed by atoms with Crippen molar-refractivity contribution in [3.63, 3.8) is 0 Å². The Morgan fingerprint density at radius 3 is 2.65 bits per heavy atom. The van der Waals surface area contributed by atoms with Gasteiger partial charge >= 0.3 is 0 Å². The molecule has 0 heterocycles. The quantitative estimate of drug-likeness (QED) is 0.647. The minimum absolute atomic E-state index is 0.0771. The number of benzene rings is 1. The number of carbonyl (C=O) groups excluding carboxylic acids is 2. The van der Waals surface area contributed by atoms with E-state index in [4.69, 9.17) is 10.5 Å². The fourth-order valence-electron chi connectivity index (χ4n) is 1.64. The van der Waals surface area contributed by atoms with Crippen LogP contribution in [0.3, 0.4) is 0 Å². The summed E-state index contributed by atoms with van der Waals surface area (Å²) in [4.78, 5) is 23.4. The van der Waals surface area contributed by atoms with Crippen molar-refractivity contribution in [2.45, 2.75) is 19.8 Å². The van der Waals surface area contributed by atoms with Crippen LogP contribution in [0.1, 0.15) is 30.1 Å². The summed E-state index contributed by atoms with van der Waals surface area (Å²) in [6, 6.07) is 4.84. The molecule has 4 N–H and O–H groups in total. The number of hydrogen-bond donors (Lipinski definition) is 3. The second kappa shape index (κ2) is 8.04. The molecule has 0 bridgehead atoms. The van der Waals surface area contributed by atoms with Crippen LogP contribution in [0, 0.1) is 0 Å². The summed E-state index contributed by atoms with van der Waals surface area (Å²) in [5.41, 5.74) is 6.50. The molecule has 110 valence electrons. The molecule has 1 rings (SSSR count). The van der Waals surface area contributed by atoms with Gasteiger partial charge in [0.2, 0.25) is 5.91 Å². The monoisotopic (exact) mass is 279 g/mol. The predicted molar refractivity (Wildman–Crippen MR) is 77.7 cm³/mol. The van der Waals surface area contributed by atoms with Crippen molar-refractivity contribution in [2.24, 2.45) is 0 Å². The van der Waals surface area contributed by atoms with Crippen LogP contribution < -0.4 is 21.1 Å². The van der Waals surface area contributed by atoms with E-state index >= 15 is 0 Å². The van der Waals surface area contributed by atoms with E-state index in [9.17, 15) is 9.59 Å². The highest BCUT2D eigenvalue weighted by Crippen LogP contribution is 2.20. The largest absolute Gasteiger partial charge is 0.496 e. The smallest absolute Gasteiger partial charge is 0.255 e. The highest BCUT2D eigenvalue weighted by molar-refractivity contribution is 5.98. The highest BCUT2D eigenvalue weighted by atomic mass is 16.5. The Morgan fingerprint density at radius 1 is 1.25 bits per heavy atom. The van der Waals surface area contributed by atoms with Gasteiger partial charge in [-0.1, -0.05) is 6.92 Å². The summed E-state index contributed by atoms with van der Waals surface area (Å²) in [7, 11) is 1.49. The van der Waals surface area contributed by atoms with Gasteiger partial charge in [-0.25, -0.2) is 0 Å². The summed E-state index contributed by atoms with van der Waals surface area (Å²) in [6.07, 6.45) is 1.13. The SMILES string of the molecule is CCCNC(=O)CCNC(=O)c1cc(N)ccc1OC. The summed E-state index contributed by atoms with van der Waals surface area (Å²) in [5.74, 6) is 0.0660. The Hall–Kier alpha value is -2.24. The van der Waals surface area contributed by atoms with Crippen LogP contribution in [0.2, 0.25) is 0 Å². The fourth-order valence-corrected chi connectivity index (χ4v) is 1.64. The van der Waals surface area contributed by atoms with Crippen LogP contribution in [-0.2, 0) is 4.79 Å². The molecule has 6 heteroatoms. The second-order valence-corrected chi connectivity index (χ2v) is 4.32. The lowest BCUT2D eigenvalue weighted by atomic mass is 10.1. The number of carbonyl (C=O) groups is 2. The van der Waals surface area contributed by atoms with Gasteiger partial charge in [-0.05, 0) is 24.6 Å². The Bertz CT molecular complexity index is 475. The molecule has 0 spiro atoms. The topological polar surface area (TPSA) is 93.5 Å². The molecule has 0 aromatic heterocycles. The summed E-state index contributed by atoms with van der Waals surface area (Å²) >= 11 is 0. The maximum atomic E-state index is 12.0. The minimum Gasteiger partial charge on any atom is -0.496 e. The van der Waals surface area contributed by atoms with Crippen molar-refractivity contribution in [1.82, 2.24) is 10.6 Å². The first kappa shape index (κ1) is 15.8. The van der Waals surface area contributed by atoms with Crippen molar-refractivity contribution >= 4 is 17.5 Å². The van der Waals surface area contributed by atoms with Gasteiger partial charge in [-0.2, -0.15) is 0 Å². The average molecular weight is 279 g/mol. The Labute approximate surface area is 118 Å². The van der Waals surface area contributed by atoms with Gasteiger partial charge in [0.05, 0.1) is 12.7 Å². The second-order valence-electron chi connectivity index (χ2n) is 4.32. The van der Waals surface area contributed by atoms with Crippen molar-refractivity contribution in [3.05, 3.63) is 23.8 Å². The van der Waals surface area contributed by atoms with Crippen LogP contribution in [0.5, 0.6) is 5.75 Å². The van der Waals surface area contributed by atoms with Gasteiger partial charge in [0.15, 0.2) is 0 Å². The highest BCUT2D eigenvalue weighted by Gasteiger charge is 2.12. The lowest BCUT2D eigenvalue weighted by Crippen LogP contribution is -2.31. The number of nitrogens with one attached hydrogen (secondary N) is 2. The zero-order valence-corrected chi connectivity index (χ0v) is 11.9. The number of methoxy groups -OCH3 is 1. The number of nitrogen functional groups attached to an aromatic ring is 1.